The Morgan fingerprint density at radius 3 is 2.79 bits per heavy atom. The molecule has 2 rings (SSSR count). The predicted molar refractivity (Wildman–Crippen MR) is 70.1 cm³/mol. The monoisotopic (exact) mass is 264 g/mol. The summed E-state index contributed by atoms with van der Waals surface area (Å²) < 4.78 is 3.02. The van der Waals surface area contributed by atoms with Gasteiger partial charge < -0.3 is 9.36 Å². The first-order chi connectivity index (χ1) is 9.00. The smallest absolute Gasteiger partial charge is 0.325 e. The lowest BCUT2D eigenvalue weighted by molar-refractivity contribution is -0.117. The number of hydrogen-bond donors (Lipinski definition) is 1. The van der Waals surface area contributed by atoms with E-state index < -0.39 is 11.2 Å². The summed E-state index contributed by atoms with van der Waals surface area (Å²) in [6.07, 6.45) is 3.65. The third-order valence-electron chi connectivity index (χ3n) is 3.05. The maximum atomic E-state index is 11.8. The maximum absolute atomic E-state index is 11.8. The van der Waals surface area contributed by atoms with Gasteiger partial charge in [0.2, 0.25) is 0 Å². The Bertz CT molecular complexity index is 723. The average molecular weight is 264 g/mol. The van der Waals surface area contributed by atoms with Crippen LogP contribution in [0.1, 0.15) is 26.2 Å². The summed E-state index contributed by atoms with van der Waals surface area (Å²) in [6.45, 7) is 2.16. The van der Waals surface area contributed by atoms with Gasteiger partial charge in [0.05, 0.1) is 6.33 Å². The third kappa shape index (κ3) is 2.64. The molecule has 0 atom stereocenters. The van der Waals surface area contributed by atoms with Gasteiger partial charge in [0.25, 0.3) is 5.56 Å². The maximum Gasteiger partial charge on any atom is 0.329 e. The number of carbonyl (C=O) groups excluding carboxylic acids is 1. The number of carbonyl (C=O) groups is 1. The number of ketones is 1. The van der Waals surface area contributed by atoms with Crippen molar-refractivity contribution in [1.29, 1.82) is 0 Å². The molecule has 0 fully saturated rings. The topological polar surface area (TPSA) is 89.8 Å². The van der Waals surface area contributed by atoms with Gasteiger partial charge in [-0.05, 0) is 19.8 Å². The van der Waals surface area contributed by atoms with Gasteiger partial charge in [-0.25, -0.2) is 9.78 Å². The summed E-state index contributed by atoms with van der Waals surface area (Å²) in [5.74, 6) is 0.163. The number of fused-ring (bicyclic) bond motifs is 1. The van der Waals surface area contributed by atoms with Crippen molar-refractivity contribution in [3.63, 3.8) is 0 Å². The van der Waals surface area contributed by atoms with Gasteiger partial charge in [-0.1, -0.05) is 0 Å². The lowest BCUT2D eigenvalue weighted by Gasteiger charge is -2.03. The van der Waals surface area contributed by atoms with Crippen LogP contribution in [0.3, 0.4) is 0 Å². The fraction of sp³-hybridized carbons (Fsp3) is 0.500. The van der Waals surface area contributed by atoms with E-state index >= 15 is 0 Å². The number of unbranched alkanes of at least 4 members (excludes halogenated alkanes) is 1. The van der Waals surface area contributed by atoms with Gasteiger partial charge in [0.1, 0.15) is 5.78 Å². The Balaban J connectivity index is 2.26. The Kier molecular flexibility index (Phi) is 3.64. The van der Waals surface area contributed by atoms with E-state index in [4.69, 9.17) is 0 Å². The molecule has 2 heterocycles. The average Bonchev–Trinajstić information content (AvgIpc) is 2.76. The molecule has 0 aliphatic heterocycles. The van der Waals surface area contributed by atoms with Crippen molar-refractivity contribution < 1.29 is 4.79 Å². The largest absolute Gasteiger partial charge is 0.329 e. The van der Waals surface area contributed by atoms with Gasteiger partial charge in [-0.2, -0.15) is 0 Å². The van der Waals surface area contributed by atoms with Crippen LogP contribution in [-0.2, 0) is 18.4 Å². The summed E-state index contributed by atoms with van der Waals surface area (Å²) in [5, 5.41) is 0. The number of H-pyrrole nitrogens is 1. The minimum atomic E-state index is -0.473. The minimum absolute atomic E-state index is 0.163. The molecule has 0 aliphatic carbocycles. The molecule has 2 aromatic heterocycles. The number of aromatic nitrogens is 4. The highest BCUT2D eigenvalue weighted by Gasteiger charge is 2.10. The molecule has 0 saturated heterocycles. The number of aryl methyl sites for hydroxylation is 2. The fourth-order valence-electron chi connectivity index (χ4n) is 2.01. The summed E-state index contributed by atoms with van der Waals surface area (Å²) in [6, 6.07) is 0. The van der Waals surface area contributed by atoms with Crippen molar-refractivity contribution in [3.8, 4) is 0 Å². The van der Waals surface area contributed by atoms with Crippen LogP contribution in [0, 0.1) is 0 Å². The van der Waals surface area contributed by atoms with E-state index in [1.54, 1.807) is 24.9 Å². The van der Waals surface area contributed by atoms with E-state index in [0.29, 0.717) is 24.1 Å². The van der Waals surface area contributed by atoms with Crippen LogP contribution in [0.5, 0.6) is 0 Å². The van der Waals surface area contributed by atoms with Crippen LogP contribution in [0.2, 0.25) is 0 Å². The van der Waals surface area contributed by atoms with E-state index in [1.807, 2.05) is 0 Å². The van der Waals surface area contributed by atoms with Gasteiger partial charge in [0.15, 0.2) is 11.2 Å². The SMILES string of the molecule is CC(=O)CCCCn1cnc2c1c(=O)[nH]c(=O)n2C. The van der Waals surface area contributed by atoms with Gasteiger partial charge in [0, 0.05) is 20.0 Å². The van der Waals surface area contributed by atoms with Crippen LogP contribution < -0.4 is 11.2 Å². The van der Waals surface area contributed by atoms with Crippen molar-refractivity contribution in [2.45, 2.75) is 32.7 Å². The van der Waals surface area contributed by atoms with Crippen LogP contribution in [0.4, 0.5) is 0 Å². The van der Waals surface area contributed by atoms with E-state index in [-0.39, 0.29) is 5.78 Å². The number of Topliss-reactive ketones (excluding diaryl/α,β-unsaturated/α-hetero) is 1. The summed E-state index contributed by atoms with van der Waals surface area (Å²) in [4.78, 5) is 40.4. The fourth-order valence-corrected chi connectivity index (χ4v) is 2.01. The Morgan fingerprint density at radius 2 is 2.11 bits per heavy atom. The summed E-state index contributed by atoms with van der Waals surface area (Å²) in [5.41, 5.74) is -0.133. The van der Waals surface area contributed by atoms with Gasteiger partial charge in [-0.15, -0.1) is 0 Å². The lowest BCUT2D eigenvalue weighted by atomic mass is 10.2. The van der Waals surface area contributed by atoms with Crippen LogP contribution in [0.25, 0.3) is 11.2 Å². The normalized spacial score (nSPS) is 11.1. The molecule has 0 amide bonds. The first kappa shape index (κ1) is 13.3. The predicted octanol–water partition coefficient (Wildman–Crippen LogP) is 0.183. The zero-order valence-corrected chi connectivity index (χ0v) is 11.0. The zero-order chi connectivity index (χ0) is 14.0. The van der Waals surface area contributed by atoms with Crippen LogP contribution in [0.15, 0.2) is 15.9 Å². The Morgan fingerprint density at radius 1 is 1.37 bits per heavy atom. The number of nitrogens with one attached hydrogen (secondary N) is 1. The first-order valence-corrected chi connectivity index (χ1v) is 6.14. The molecule has 0 unspecified atom stereocenters. The summed E-state index contributed by atoms with van der Waals surface area (Å²) in [7, 11) is 1.56. The molecular weight excluding hydrogens is 248 g/mol. The standard InChI is InChI=1S/C12H16N4O3/c1-8(17)5-3-4-6-16-7-13-10-9(16)11(18)14-12(19)15(10)2/h7H,3-6H2,1-2H3,(H,14,18,19). The molecule has 7 heteroatoms. The molecular formula is C12H16N4O3. The number of imidazole rings is 1. The molecule has 0 spiro atoms. The van der Waals surface area contributed by atoms with Crippen LogP contribution >= 0.6 is 0 Å². The second-order valence-corrected chi connectivity index (χ2v) is 4.59. The third-order valence-corrected chi connectivity index (χ3v) is 3.05. The molecule has 2 aromatic rings. The number of aromatic amines is 1. The molecule has 102 valence electrons. The van der Waals surface area contributed by atoms with E-state index in [2.05, 4.69) is 9.97 Å². The van der Waals surface area contributed by atoms with E-state index in [9.17, 15) is 14.4 Å². The number of hydrogen-bond acceptors (Lipinski definition) is 4. The molecule has 7 nitrogen and oxygen atoms in total. The highest BCUT2D eigenvalue weighted by Crippen LogP contribution is 2.07. The first-order valence-electron chi connectivity index (χ1n) is 6.14. The molecule has 0 aromatic carbocycles. The van der Waals surface area contributed by atoms with Crippen molar-refractivity contribution >= 4 is 16.9 Å². The minimum Gasteiger partial charge on any atom is -0.325 e. The number of nitrogens with zero attached hydrogens (tertiary/aromatic N) is 3. The second-order valence-electron chi connectivity index (χ2n) is 4.59. The van der Waals surface area contributed by atoms with Crippen molar-refractivity contribution in [2.75, 3.05) is 0 Å². The molecule has 0 bridgehead atoms. The summed E-state index contributed by atoms with van der Waals surface area (Å²) >= 11 is 0. The molecule has 0 saturated carbocycles. The quantitative estimate of drug-likeness (QED) is 0.780. The Hall–Kier alpha value is -2.18. The van der Waals surface area contributed by atoms with E-state index in [1.165, 1.54) is 4.57 Å². The van der Waals surface area contributed by atoms with Crippen LogP contribution in [-0.4, -0.2) is 24.9 Å². The highest BCUT2D eigenvalue weighted by atomic mass is 16.2. The Labute approximate surface area is 108 Å². The molecule has 0 aliphatic rings. The van der Waals surface area contributed by atoms with Gasteiger partial charge >= 0.3 is 5.69 Å². The highest BCUT2D eigenvalue weighted by molar-refractivity contribution is 5.75. The van der Waals surface area contributed by atoms with Crippen molar-refractivity contribution in [2.24, 2.45) is 7.05 Å². The number of rotatable bonds is 5. The molecule has 1 N–H and O–H groups in total. The second kappa shape index (κ2) is 5.21. The van der Waals surface area contributed by atoms with Crippen molar-refractivity contribution in [3.05, 3.63) is 27.2 Å². The molecule has 19 heavy (non-hydrogen) atoms. The van der Waals surface area contributed by atoms with Crippen molar-refractivity contribution in [1.82, 2.24) is 19.1 Å². The lowest BCUT2D eigenvalue weighted by Crippen LogP contribution is -2.29. The van der Waals surface area contributed by atoms with Gasteiger partial charge in [-0.3, -0.25) is 14.3 Å². The zero-order valence-electron chi connectivity index (χ0n) is 11.0. The van der Waals surface area contributed by atoms with E-state index in [0.717, 1.165) is 12.8 Å². The molecule has 0 radical (unpaired) electrons.